The van der Waals surface area contributed by atoms with Crippen LogP contribution in [0.15, 0.2) is 47.5 Å². The molecule has 0 radical (unpaired) electrons. The number of hydrogen-bond acceptors (Lipinski definition) is 5. The highest BCUT2D eigenvalue weighted by atomic mass is 16.5. The second-order valence-electron chi connectivity index (χ2n) is 5.93. The molecule has 0 aliphatic rings. The molecule has 0 amide bonds. The number of aliphatic imine (C=N–C) groups is 1. The minimum absolute atomic E-state index is 0.285. The lowest BCUT2D eigenvalue weighted by molar-refractivity contribution is -0.149. The van der Waals surface area contributed by atoms with Gasteiger partial charge in [0.15, 0.2) is 0 Å². The summed E-state index contributed by atoms with van der Waals surface area (Å²) in [5.41, 5.74) is 1.05. The molecule has 136 valence electrons. The highest BCUT2D eigenvalue weighted by Crippen LogP contribution is 2.34. The Labute approximate surface area is 149 Å². The largest absolute Gasteiger partial charge is 0.466 e. The van der Waals surface area contributed by atoms with Crippen LogP contribution in [0.2, 0.25) is 0 Å². The Kier molecular flexibility index (Phi) is 8.05. The van der Waals surface area contributed by atoms with Crippen molar-refractivity contribution < 1.29 is 19.1 Å². The van der Waals surface area contributed by atoms with Crippen molar-refractivity contribution in [3.8, 4) is 0 Å². The van der Waals surface area contributed by atoms with Crippen molar-refractivity contribution >= 4 is 23.3 Å². The summed E-state index contributed by atoms with van der Waals surface area (Å²) in [4.78, 5) is 28.1. The van der Waals surface area contributed by atoms with E-state index in [0.29, 0.717) is 30.7 Å². The second kappa shape index (κ2) is 9.77. The topological polar surface area (TPSA) is 65.0 Å². The van der Waals surface area contributed by atoms with E-state index >= 15 is 0 Å². The summed E-state index contributed by atoms with van der Waals surface area (Å²) in [6, 6.07) is 9.44. The maximum atomic E-state index is 12.6. The summed E-state index contributed by atoms with van der Waals surface area (Å²) >= 11 is 0. The van der Waals surface area contributed by atoms with Gasteiger partial charge in [-0.05, 0) is 45.7 Å². The first-order valence-corrected chi connectivity index (χ1v) is 8.42. The molecule has 5 heteroatoms. The van der Waals surface area contributed by atoms with E-state index in [1.807, 2.05) is 30.3 Å². The van der Waals surface area contributed by atoms with E-state index in [1.165, 1.54) is 6.92 Å². The van der Waals surface area contributed by atoms with E-state index < -0.39 is 5.41 Å². The van der Waals surface area contributed by atoms with Crippen LogP contribution in [0, 0.1) is 5.41 Å². The van der Waals surface area contributed by atoms with Gasteiger partial charge in [-0.1, -0.05) is 30.4 Å². The summed E-state index contributed by atoms with van der Waals surface area (Å²) < 4.78 is 10.2. The Balaban J connectivity index is 3.00. The summed E-state index contributed by atoms with van der Waals surface area (Å²) in [6.07, 6.45) is 1.12. The van der Waals surface area contributed by atoms with Crippen LogP contribution in [0.3, 0.4) is 0 Å². The van der Waals surface area contributed by atoms with Gasteiger partial charge >= 0.3 is 11.9 Å². The number of ether oxygens (including phenoxy) is 2. The fourth-order valence-corrected chi connectivity index (χ4v) is 2.38. The first-order valence-electron chi connectivity index (χ1n) is 8.42. The van der Waals surface area contributed by atoms with Crippen LogP contribution >= 0.6 is 0 Å². The van der Waals surface area contributed by atoms with Gasteiger partial charge in [0.05, 0.1) is 18.9 Å². The zero-order valence-electron chi connectivity index (χ0n) is 15.5. The molecular formula is C20H27NO4. The van der Waals surface area contributed by atoms with Crippen molar-refractivity contribution in [2.75, 3.05) is 13.2 Å². The predicted molar refractivity (Wildman–Crippen MR) is 99.0 cm³/mol. The molecule has 0 N–H and O–H groups in total. The molecule has 1 unspecified atom stereocenters. The third kappa shape index (κ3) is 5.85. The van der Waals surface area contributed by atoms with Crippen LogP contribution in [0.5, 0.6) is 0 Å². The lowest BCUT2D eigenvalue weighted by atomic mass is 9.76. The molecular weight excluding hydrogens is 318 g/mol. The van der Waals surface area contributed by atoms with Gasteiger partial charge in [-0.25, -0.2) is 0 Å². The SMILES string of the molecule is C=C(CCCOC(C)=O)C(C)(C(=O)OCC)C(C)=Nc1ccccc1. The van der Waals surface area contributed by atoms with Crippen molar-refractivity contribution in [2.45, 2.75) is 40.5 Å². The molecule has 0 fully saturated rings. The van der Waals surface area contributed by atoms with Gasteiger partial charge in [0.25, 0.3) is 0 Å². The van der Waals surface area contributed by atoms with Crippen LogP contribution in [0.25, 0.3) is 0 Å². The molecule has 0 saturated heterocycles. The molecule has 1 atom stereocenters. The molecule has 0 aliphatic carbocycles. The standard InChI is InChI=1S/C20H27NO4/c1-6-24-19(23)20(5,15(2)11-10-14-25-17(4)22)16(3)21-18-12-8-7-9-13-18/h7-9,12-13H,2,6,10-11,14H2,1,3-5H3. The van der Waals surface area contributed by atoms with Gasteiger partial charge in [-0.15, -0.1) is 0 Å². The van der Waals surface area contributed by atoms with Crippen molar-refractivity contribution in [1.29, 1.82) is 0 Å². The molecule has 0 spiro atoms. The predicted octanol–water partition coefficient (Wildman–Crippen LogP) is 4.25. The van der Waals surface area contributed by atoms with Gasteiger partial charge < -0.3 is 9.47 Å². The molecule has 1 aromatic rings. The third-order valence-electron chi connectivity index (χ3n) is 4.10. The van der Waals surface area contributed by atoms with Gasteiger partial charge in [0.1, 0.15) is 5.41 Å². The van der Waals surface area contributed by atoms with Gasteiger partial charge in [-0.3, -0.25) is 14.6 Å². The highest BCUT2D eigenvalue weighted by molar-refractivity contribution is 6.09. The van der Waals surface area contributed by atoms with Gasteiger partial charge in [0, 0.05) is 12.6 Å². The number of rotatable bonds is 9. The molecule has 25 heavy (non-hydrogen) atoms. The Morgan fingerprint density at radius 1 is 1.16 bits per heavy atom. The lowest BCUT2D eigenvalue weighted by Gasteiger charge is -2.29. The number of para-hydroxylation sites is 1. The Morgan fingerprint density at radius 3 is 2.36 bits per heavy atom. The quantitative estimate of drug-likeness (QED) is 0.290. The third-order valence-corrected chi connectivity index (χ3v) is 4.10. The van der Waals surface area contributed by atoms with Crippen molar-refractivity contribution in [2.24, 2.45) is 10.4 Å². The van der Waals surface area contributed by atoms with E-state index in [9.17, 15) is 9.59 Å². The van der Waals surface area contributed by atoms with Gasteiger partial charge in [-0.2, -0.15) is 0 Å². The van der Waals surface area contributed by atoms with Crippen LogP contribution in [-0.4, -0.2) is 30.9 Å². The van der Waals surface area contributed by atoms with E-state index in [1.54, 1.807) is 20.8 Å². The smallest absolute Gasteiger partial charge is 0.321 e. The summed E-state index contributed by atoms with van der Waals surface area (Å²) in [6.45, 7) is 11.4. The van der Waals surface area contributed by atoms with Crippen LogP contribution in [-0.2, 0) is 19.1 Å². The minimum atomic E-state index is -1.03. The average Bonchev–Trinajstić information content (AvgIpc) is 2.58. The van der Waals surface area contributed by atoms with Crippen LogP contribution in [0.1, 0.15) is 40.5 Å². The fraction of sp³-hybridized carbons (Fsp3) is 0.450. The number of carbonyl (C=O) groups excluding carboxylic acids is 2. The van der Waals surface area contributed by atoms with E-state index in [4.69, 9.17) is 9.47 Å². The minimum Gasteiger partial charge on any atom is -0.466 e. The number of esters is 2. The number of benzene rings is 1. The second-order valence-corrected chi connectivity index (χ2v) is 5.93. The van der Waals surface area contributed by atoms with Crippen LogP contribution in [0.4, 0.5) is 5.69 Å². The summed E-state index contributed by atoms with van der Waals surface area (Å²) in [5.74, 6) is -0.690. The zero-order chi connectivity index (χ0) is 18.9. The van der Waals surface area contributed by atoms with Gasteiger partial charge in [0.2, 0.25) is 0 Å². The van der Waals surface area contributed by atoms with E-state index in [-0.39, 0.29) is 18.5 Å². The molecule has 0 bridgehead atoms. The van der Waals surface area contributed by atoms with Crippen molar-refractivity contribution in [1.82, 2.24) is 0 Å². The molecule has 0 aliphatic heterocycles. The Morgan fingerprint density at radius 2 is 1.80 bits per heavy atom. The maximum Gasteiger partial charge on any atom is 0.321 e. The summed E-state index contributed by atoms with van der Waals surface area (Å²) in [5, 5.41) is 0. The highest BCUT2D eigenvalue weighted by Gasteiger charge is 2.40. The first-order chi connectivity index (χ1) is 11.8. The first kappa shape index (κ1) is 20.6. The molecule has 1 rings (SSSR count). The molecule has 0 heterocycles. The van der Waals surface area contributed by atoms with Crippen molar-refractivity contribution in [3.63, 3.8) is 0 Å². The number of carbonyl (C=O) groups is 2. The zero-order valence-corrected chi connectivity index (χ0v) is 15.5. The molecule has 1 aromatic carbocycles. The monoisotopic (exact) mass is 345 g/mol. The Bertz CT molecular complexity index is 636. The number of nitrogens with zero attached hydrogens (tertiary/aromatic N) is 1. The van der Waals surface area contributed by atoms with E-state index in [2.05, 4.69) is 11.6 Å². The number of hydrogen-bond donors (Lipinski definition) is 0. The molecule has 0 saturated carbocycles. The molecule has 0 aromatic heterocycles. The maximum absolute atomic E-state index is 12.6. The average molecular weight is 345 g/mol. The van der Waals surface area contributed by atoms with Crippen LogP contribution < -0.4 is 0 Å². The van der Waals surface area contributed by atoms with E-state index in [0.717, 1.165) is 5.69 Å². The Hall–Kier alpha value is -2.43. The lowest BCUT2D eigenvalue weighted by Crippen LogP contribution is -2.38. The fourth-order valence-electron chi connectivity index (χ4n) is 2.38. The normalized spacial score (nSPS) is 13.7. The summed E-state index contributed by atoms with van der Waals surface area (Å²) in [7, 11) is 0. The molecule has 5 nitrogen and oxygen atoms in total. The van der Waals surface area contributed by atoms with Crippen molar-refractivity contribution in [3.05, 3.63) is 42.5 Å².